The smallest absolute Gasteiger partial charge is 0.123 e. The van der Waals surface area contributed by atoms with Crippen LogP contribution in [-0.2, 0) is 13.1 Å². The average Bonchev–Trinajstić information content (AvgIpc) is 3.12. The van der Waals surface area contributed by atoms with Crippen LogP contribution in [0, 0.1) is 5.82 Å². The summed E-state index contributed by atoms with van der Waals surface area (Å²) in [5.41, 5.74) is 0.907. The van der Waals surface area contributed by atoms with Gasteiger partial charge in [-0.3, -0.25) is 9.58 Å². The number of likely N-dealkylation sites (tertiary alicyclic amines) is 1. The van der Waals surface area contributed by atoms with E-state index in [1.807, 2.05) is 16.9 Å². The molecule has 0 saturated carbocycles. The minimum absolute atomic E-state index is 0.214. The Balaban J connectivity index is 1.72. The molecule has 112 valence electrons. The number of halogens is 1. The van der Waals surface area contributed by atoms with Gasteiger partial charge in [0.2, 0.25) is 0 Å². The SMILES string of the molecule is COc1ccc(F)cc1CN1CCC[C@@H]1Cn1cccn1. The van der Waals surface area contributed by atoms with Crippen LogP contribution in [0.3, 0.4) is 0 Å². The topological polar surface area (TPSA) is 30.3 Å². The molecule has 4 nitrogen and oxygen atoms in total. The van der Waals surface area contributed by atoms with Crippen molar-refractivity contribution in [3.8, 4) is 5.75 Å². The standard InChI is InChI=1S/C16H20FN3O/c1-21-16-6-5-14(17)10-13(16)11-19-8-2-4-15(19)12-20-9-3-7-18-20/h3,5-7,9-10,15H,2,4,8,11-12H2,1H3/t15-/m1/s1. The highest BCUT2D eigenvalue weighted by molar-refractivity contribution is 5.34. The van der Waals surface area contributed by atoms with E-state index in [-0.39, 0.29) is 5.82 Å². The van der Waals surface area contributed by atoms with E-state index in [4.69, 9.17) is 4.74 Å². The number of nitrogens with zero attached hydrogens (tertiary/aromatic N) is 3. The zero-order valence-electron chi connectivity index (χ0n) is 12.2. The fraction of sp³-hybridized carbons (Fsp3) is 0.438. The molecule has 2 aromatic rings. The molecule has 1 aromatic carbocycles. The van der Waals surface area contributed by atoms with Crippen LogP contribution < -0.4 is 4.74 Å². The average molecular weight is 289 g/mol. The van der Waals surface area contributed by atoms with Crippen LogP contribution in [0.4, 0.5) is 4.39 Å². The van der Waals surface area contributed by atoms with E-state index in [1.54, 1.807) is 25.4 Å². The molecule has 2 heterocycles. The maximum atomic E-state index is 13.5. The molecular formula is C16H20FN3O. The molecule has 0 N–H and O–H groups in total. The lowest BCUT2D eigenvalue weighted by Gasteiger charge is -2.25. The van der Waals surface area contributed by atoms with Crippen molar-refractivity contribution >= 4 is 0 Å². The van der Waals surface area contributed by atoms with E-state index in [0.29, 0.717) is 12.6 Å². The van der Waals surface area contributed by atoms with Crippen LogP contribution in [0.5, 0.6) is 5.75 Å². The van der Waals surface area contributed by atoms with Crippen molar-refractivity contribution in [2.24, 2.45) is 0 Å². The molecule has 0 amide bonds. The monoisotopic (exact) mass is 289 g/mol. The molecular weight excluding hydrogens is 269 g/mol. The molecule has 1 saturated heterocycles. The van der Waals surface area contributed by atoms with Gasteiger partial charge in [0, 0.05) is 30.5 Å². The van der Waals surface area contributed by atoms with Crippen molar-refractivity contribution in [1.29, 1.82) is 0 Å². The second-order valence-electron chi connectivity index (χ2n) is 5.45. The van der Waals surface area contributed by atoms with Gasteiger partial charge in [0.05, 0.1) is 13.7 Å². The van der Waals surface area contributed by atoms with Crippen molar-refractivity contribution in [2.75, 3.05) is 13.7 Å². The fourth-order valence-electron chi connectivity index (χ4n) is 3.02. The van der Waals surface area contributed by atoms with Gasteiger partial charge in [-0.15, -0.1) is 0 Å². The number of methoxy groups -OCH3 is 1. The van der Waals surface area contributed by atoms with Crippen molar-refractivity contribution in [3.05, 3.63) is 48.0 Å². The predicted octanol–water partition coefficient (Wildman–Crippen LogP) is 2.70. The van der Waals surface area contributed by atoms with Gasteiger partial charge in [-0.1, -0.05) is 0 Å². The predicted molar refractivity (Wildman–Crippen MR) is 78.6 cm³/mol. The molecule has 1 fully saturated rings. The summed E-state index contributed by atoms with van der Waals surface area (Å²) >= 11 is 0. The fourth-order valence-corrected chi connectivity index (χ4v) is 3.02. The molecule has 3 rings (SSSR count). The van der Waals surface area contributed by atoms with Crippen LogP contribution in [0.1, 0.15) is 18.4 Å². The summed E-state index contributed by atoms with van der Waals surface area (Å²) in [6.07, 6.45) is 6.11. The molecule has 1 atom stereocenters. The molecule has 0 unspecified atom stereocenters. The Morgan fingerprint density at radius 3 is 3.10 bits per heavy atom. The third-order valence-corrected chi connectivity index (χ3v) is 4.07. The zero-order chi connectivity index (χ0) is 14.7. The van der Waals surface area contributed by atoms with Gasteiger partial charge >= 0.3 is 0 Å². The van der Waals surface area contributed by atoms with E-state index in [2.05, 4.69) is 10.00 Å². The Bertz CT molecular complexity index is 585. The first-order valence-corrected chi connectivity index (χ1v) is 7.30. The van der Waals surface area contributed by atoms with E-state index < -0.39 is 0 Å². The van der Waals surface area contributed by atoms with Gasteiger partial charge < -0.3 is 4.74 Å². The molecule has 1 aliphatic heterocycles. The molecule has 0 radical (unpaired) electrons. The first-order valence-electron chi connectivity index (χ1n) is 7.30. The Hall–Kier alpha value is -1.88. The second-order valence-corrected chi connectivity index (χ2v) is 5.45. The summed E-state index contributed by atoms with van der Waals surface area (Å²) < 4.78 is 20.8. The lowest BCUT2D eigenvalue weighted by Crippen LogP contribution is -2.32. The van der Waals surface area contributed by atoms with Gasteiger partial charge in [-0.05, 0) is 43.7 Å². The number of hydrogen-bond acceptors (Lipinski definition) is 3. The maximum Gasteiger partial charge on any atom is 0.123 e. The molecule has 0 aliphatic carbocycles. The number of aromatic nitrogens is 2. The first-order chi connectivity index (χ1) is 10.3. The van der Waals surface area contributed by atoms with E-state index in [0.717, 1.165) is 30.8 Å². The van der Waals surface area contributed by atoms with Crippen molar-refractivity contribution in [1.82, 2.24) is 14.7 Å². The van der Waals surface area contributed by atoms with Crippen molar-refractivity contribution in [2.45, 2.75) is 32.0 Å². The minimum atomic E-state index is -0.214. The second kappa shape index (κ2) is 6.26. The molecule has 21 heavy (non-hydrogen) atoms. The van der Waals surface area contributed by atoms with Gasteiger partial charge in [0.1, 0.15) is 11.6 Å². The van der Waals surface area contributed by atoms with Gasteiger partial charge in [-0.2, -0.15) is 5.10 Å². The summed E-state index contributed by atoms with van der Waals surface area (Å²) in [6.45, 7) is 2.63. The van der Waals surface area contributed by atoms with Gasteiger partial charge in [-0.25, -0.2) is 4.39 Å². The van der Waals surface area contributed by atoms with E-state index in [1.165, 1.54) is 12.5 Å². The summed E-state index contributed by atoms with van der Waals surface area (Å²) in [7, 11) is 1.63. The van der Waals surface area contributed by atoms with Gasteiger partial charge in [0.15, 0.2) is 0 Å². The maximum absolute atomic E-state index is 13.5. The Kier molecular flexibility index (Phi) is 4.20. The Labute approximate surface area is 124 Å². The largest absolute Gasteiger partial charge is 0.496 e. The third kappa shape index (κ3) is 3.24. The van der Waals surface area contributed by atoms with Crippen LogP contribution in [0.2, 0.25) is 0 Å². The Morgan fingerprint density at radius 2 is 2.33 bits per heavy atom. The highest BCUT2D eigenvalue weighted by Gasteiger charge is 2.25. The minimum Gasteiger partial charge on any atom is -0.496 e. The molecule has 1 aliphatic rings. The van der Waals surface area contributed by atoms with Crippen LogP contribution in [0.25, 0.3) is 0 Å². The third-order valence-electron chi connectivity index (χ3n) is 4.07. The molecule has 5 heteroatoms. The van der Waals surface area contributed by atoms with Crippen molar-refractivity contribution < 1.29 is 9.13 Å². The first kappa shape index (κ1) is 14.1. The number of benzene rings is 1. The van der Waals surface area contributed by atoms with Crippen LogP contribution in [-0.4, -0.2) is 34.4 Å². The highest BCUT2D eigenvalue weighted by atomic mass is 19.1. The summed E-state index contributed by atoms with van der Waals surface area (Å²) in [5, 5.41) is 4.27. The number of ether oxygens (including phenoxy) is 1. The quantitative estimate of drug-likeness (QED) is 0.848. The zero-order valence-corrected chi connectivity index (χ0v) is 12.2. The number of hydrogen-bond donors (Lipinski definition) is 0. The molecule has 1 aromatic heterocycles. The molecule has 0 bridgehead atoms. The van der Waals surface area contributed by atoms with Crippen LogP contribution in [0.15, 0.2) is 36.7 Å². The van der Waals surface area contributed by atoms with Gasteiger partial charge in [0.25, 0.3) is 0 Å². The van der Waals surface area contributed by atoms with E-state index in [9.17, 15) is 4.39 Å². The normalized spacial score (nSPS) is 19.0. The molecule has 0 spiro atoms. The highest BCUT2D eigenvalue weighted by Crippen LogP contribution is 2.26. The lowest BCUT2D eigenvalue weighted by molar-refractivity contribution is 0.216. The van der Waals surface area contributed by atoms with E-state index >= 15 is 0 Å². The lowest BCUT2D eigenvalue weighted by atomic mass is 10.1. The van der Waals surface area contributed by atoms with Crippen molar-refractivity contribution in [3.63, 3.8) is 0 Å². The summed E-state index contributed by atoms with van der Waals surface area (Å²) in [6, 6.07) is 7.09. The Morgan fingerprint density at radius 1 is 1.43 bits per heavy atom. The number of rotatable bonds is 5. The summed E-state index contributed by atoms with van der Waals surface area (Å²) in [5.74, 6) is 0.537. The van der Waals surface area contributed by atoms with Crippen LogP contribution >= 0.6 is 0 Å². The summed E-state index contributed by atoms with van der Waals surface area (Å²) in [4.78, 5) is 2.39.